The number of nitrogens with zero attached hydrogens (tertiary/aromatic N) is 5. The highest BCUT2D eigenvalue weighted by Crippen LogP contribution is 2.34. The van der Waals surface area contributed by atoms with Crippen molar-refractivity contribution in [1.29, 1.82) is 0 Å². The van der Waals surface area contributed by atoms with Gasteiger partial charge in [0.15, 0.2) is 0 Å². The molecule has 2 atom stereocenters. The number of thiazole rings is 1. The summed E-state index contributed by atoms with van der Waals surface area (Å²) in [6, 6.07) is 13.8. The maximum Gasteiger partial charge on any atom is 0.338 e. The van der Waals surface area contributed by atoms with Crippen LogP contribution in [-0.4, -0.2) is 62.1 Å². The van der Waals surface area contributed by atoms with Gasteiger partial charge < -0.3 is 26.4 Å². The monoisotopic (exact) mass is 624 g/mol. The smallest absolute Gasteiger partial charge is 0.338 e. The Morgan fingerprint density at radius 3 is 2.69 bits per heavy atom. The highest BCUT2D eigenvalue weighted by molar-refractivity contribution is 8.15. The van der Waals surface area contributed by atoms with E-state index in [4.69, 9.17) is 32.8 Å². The van der Waals surface area contributed by atoms with Crippen molar-refractivity contribution in [3.05, 3.63) is 93.7 Å². The Morgan fingerprint density at radius 2 is 1.98 bits per heavy atom. The van der Waals surface area contributed by atoms with Crippen molar-refractivity contribution in [2.45, 2.75) is 18.1 Å². The van der Waals surface area contributed by atoms with Gasteiger partial charge in [-0.3, -0.25) is 9.78 Å². The molecule has 0 bridgehead atoms. The SMILES string of the molecule is CN(C(=O)NCc1ccccc1Cl)C(COC1SC(c2cccnc2)=NN1C(N)=O)c1nc2ccc(C(N)=O)cc2s1. The minimum absolute atomic E-state index is 0.0597. The van der Waals surface area contributed by atoms with Gasteiger partial charge in [-0.05, 0) is 53.7 Å². The Morgan fingerprint density at radius 1 is 1.17 bits per heavy atom. The number of ether oxygens (including phenoxy) is 1. The van der Waals surface area contributed by atoms with Gasteiger partial charge in [0, 0.05) is 42.1 Å². The van der Waals surface area contributed by atoms with Crippen LogP contribution in [0.3, 0.4) is 0 Å². The van der Waals surface area contributed by atoms with Crippen molar-refractivity contribution in [2.24, 2.45) is 16.6 Å². The van der Waals surface area contributed by atoms with E-state index in [1.807, 2.05) is 24.3 Å². The fourth-order valence-corrected chi connectivity index (χ4v) is 6.34. The first kappa shape index (κ1) is 29.3. The molecule has 2 unspecified atom stereocenters. The normalized spacial score (nSPS) is 15.3. The minimum Gasteiger partial charge on any atom is -0.366 e. The molecule has 4 aromatic rings. The summed E-state index contributed by atoms with van der Waals surface area (Å²) in [7, 11) is 1.61. The Bertz CT molecular complexity index is 1670. The number of hydrogen-bond acceptors (Lipinski definition) is 9. The van der Waals surface area contributed by atoms with E-state index in [1.165, 1.54) is 28.0 Å². The standard InChI is InChI=1S/C27H25ClN8O4S2/c1-35(26(39)32-13-16-5-2-3-7-18(16)28)20(24-33-19-9-8-15(22(29)37)11-21(19)41-24)14-40-27-36(25(30)38)34-23(42-27)17-6-4-10-31-12-17/h2-12,20,27H,13-14H2,1H3,(H2,29,37)(H2,30,38)(H,32,39). The van der Waals surface area contributed by atoms with Crippen LogP contribution in [0.2, 0.25) is 5.02 Å². The lowest BCUT2D eigenvalue weighted by Gasteiger charge is -2.28. The summed E-state index contributed by atoms with van der Waals surface area (Å²) in [5, 5.41) is 9.81. The largest absolute Gasteiger partial charge is 0.366 e. The zero-order chi connectivity index (χ0) is 29.8. The van der Waals surface area contributed by atoms with Gasteiger partial charge in [-0.15, -0.1) is 11.3 Å². The molecule has 0 aliphatic carbocycles. The summed E-state index contributed by atoms with van der Waals surface area (Å²) in [6.45, 7) is 0.143. The minimum atomic E-state index is -0.893. The van der Waals surface area contributed by atoms with Gasteiger partial charge >= 0.3 is 12.1 Å². The molecule has 1 aliphatic heterocycles. The number of benzene rings is 2. The molecule has 3 heterocycles. The number of thioether (sulfide) groups is 1. The van der Waals surface area contributed by atoms with Crippen molar-refractivity contribution >= 4 is 67.9 Å². The summed E-state index contributed by atoms with van der Waals surface area (Å²) in [5.74, 6) is -0.558. The van der Waals surface area contributed by atoms with E-state index in [9.17, 15) is 14.4 Å². The van der Waals surface area contributed by atoms with Crippen LogP contribution in [-0.2, 0) is 11.3 Å². The van der Waals surface area contributed by atoms with E-state index < -0.39 is 29.6 Å². The van der Waals surface area contributed by atoms with Gasteiger partial charge in [-0.25, -0.2) is 14.6 Å². The number of urea groups is 2. The molecule has 2 aromatic carbocycles. The van der Waals surface area contributed by atoms with Crippen molar-refractivity contribution in [3.63, 3.8) is 0 Å². The third-order valence-corrected chi connectivity index (χ3v) is 8.86. The first-order chi connectivity index (χ1) is 20.2. The van der Waals surface area contributed by atoms with Crippen LogP contribution in [0.5, 0.6) is 0 Å². The van der Waals surface area contributed by atoms with Crippen LogP contribution in [0, 0.1) is 0 Å². The lowest BCUT2D eigenvalue weighted by atomic mass is 10.2. The summed E-state index contributed by atoms with van der Waals surface area (Å²) in [4.78, 5) is 47.5. The zero-order valence-corrected chi connectivity index (χ0v) is 24.5. The summed E-state index contributed by atoms with van der Waals surface area (Å²) >= 11 is 8.74. The van der Waals surface area contributed by atoms with Gasteiger partial charge in [-0.1, -0.05) is 29.8 Å². The number of nitrogens with one attached hydrogen (secondary N) is 1. The number of rotatable bonds is 9. The lowest BCUT2D eigenvalue weighted by molar-refractivity contribution is 0.00389. The molecular formula is C27H25ClN8O4S2. The summed E-state index contributed by atoms with van der Waals surface area (Å²) < 4.78 is 6.87. The van der Waals surface area contributed by atoms with Crippen LogP contribution in [0.1, 0.15) is 32.5 Å². The van der Waals surface area contributed by atoms with Gasteiger partial charge in [0.05, 0.1) is 16.8 Å². The first-order valence-electron chi connectivity index (χ1n) is 12.5. The quantitative estimate of drug-likeness (QED) is 0.252. The lowest BCUT2D eigenvalue weighted by Crippen LogP contribution is -2.42. The van der Waals surface area contributed by atoms with E-state index in [2.05, 4.69) is 15.4 Å². The molecule has 5 N–H and O–H groups in total. The second-order valence-corrected chi connectivity index (χ2v) is 11.6. The third kappa shape index (κ3) is 6.46. The molecular weight excluding hydrogens is 600 g/mol. The van der Waals surface area contributed by atoms with Crippen molar-refractivity contribution in [1.82, 2.24) is 25.2 Å². The molecule has 1 aliphatic rings. The number of aromatic nitrogens is 2. The first-order valence-corrected chi connectivity index (χ1v) is 14.6. The molecule has 12 nitrogen and oxygen atoms in total. The highest BCUT2D eigenvalue weighted by Gasteiger charge is 2.35. The maximum absolute atomic E-state index is 13.3. The Balaban J connectivity index is 1.39. The average Bonchev–Trinajstić information content (AvgIpc) is 3.61. The number of hydrogen-bond donors (Lipinski definition) is 3. The van der Waals surface area contributed by atoms with Gasteiger partial charge in [-0.2, -0.15) is 10.1 Å². The Hall–Kier alpha value is -4.24. The Kier molecular flexibility index (Phi) is 8.87. The van der Waals surface area contributed by atoms with E-state index in [0.717, 1.165) is 10.6 Å². The van der Waals surface area contributed by atoms with Crippen molar-refractivity contribution in [2.75, 3.05) is 13.7 Å². The number of nitrogens with two attached hydrogens (primary N) is 2. The van der Waals surface area contributed by atoms with Gasteiger partial charge in [0.2, 0.25) is 11.5 Å². The van der Waals surface area contributed by atoms with Crippen LogP contribution < -0.4 is 16.8 Å². The molecule has 15 heteroatoms. The number of pyridine rings is 1. The fraction of sp³-hybridized carbons (Fsp3) is 0.185. The summed E-state index contributed by atoms with van der Waals surface area (Å²) in [6.07, 6.45) is 3.25. The summed E-state index contributed by atoms with van der Waals surface area (Å²) in [5.41, 5.74) is 12.6. The van der Waals surface area contributed by atoms with E-state index in [1.54, 1.807) is 49.8 Å². The number of carbonyl (C=O) groups is 3. The van der Waals surface area contributed by atoms with Crippen LogP contribution >= 0.6 is 34.7 Å². The fourth-order valence-electron chi connectivity index (χ4n) is 4.03. The molecule has 0 saturated heterocycles. The molecule has 0 spiro atoms. The van der Waals surface area contributed by atoms with Crippen LogP contribution in [0.15, 0.2) is 72.1 Å². The highest BCUT2D eigenvalue weighted by atomic mass is 35.5. The van der Waals surface area contributed by atoms with Crippen molar-refractivity contribution < 1.29 is 19.1 Å². The number of likely N-dealkylation sites (N-methyl/N-ethyl adjacent to an activating group) is 1. The molecule has 0 fully saturated rings. The number of amides is 5. The Labute approximate surface area is 253 Å². The second kappa shape index (κ2) is 12.7. The number of carbonyl (C=O) groups excluding carboxylic acids is 3. The average molecular weight is 625 g/mol. The van der Waals surface area contributed by atoms with E-state index in [-0.39, 0.29) is 13.2 Å². The molecule has 0 radical (unpaired) electrons. The molecule has 216 valence electrons. The molecule has 0 saturated carbocycles. The predicted octanol–water partition coefficient (Wildman–Crippen LogP) is 4.12. The topological polar surface area (TPSA) is 169 Å². The molecule has 42 heavy (non-hydrogen) atoms. The van der Waals surface area contributed by atoms with Gasteiger partial charge in [0.1, 0.15) is 16.1 Å². The molecule has 5 amide bonds. The number of halogens is 1. The molecule has 5 rings (SSSR count). The number of fused-ring (bicyclic) bond motifs is 1. The van der Waals surface area contributed by atoms with Gasteiger partial charge in [0.25, 0.3) is 0 Å². The number of hydrazone groups is 1. The third-order valence-electron chi connectivity index (χ3n) is 6.29. The predicted molar refractivity (Wildman–Crippen MR) is 162 cm³/mol. The van der Waals surface area contributed by atoms with E-state index in [0.29, 0.717) is 36.4 Å². The van der Waals surface area contributed by atoms with Crippen LogP contribution in [0.4, 0.5) is 9.59 Å². The zero-order valence-electron chi connectivity index (χ0n) is 22.1. The van der Waals surface area contributed by atoms with Crippen LogP contribution in [0.25, 0.3) is 10.2 Å². The maximum atomic E-state index is 13.3. The van der Waals surface area contributed by atoms with E-state index >= 15 is 0 Å². The number of primary amides is 2. The van der Waals surface area contributed by atoms with Crippen molar-refractivity contribution in [3.8, 4) is 0 Å². The second-order valence-electron chi connectivity index (χ2n) is 9.06. The molecule has 2 aromatic heterocycles.